The van der Waals surface area contributed by atoms with Crippen LogP contribution >= 0.6 is 0 Å². The Morgan fingerprint density at radius 2 is 2.00 bits per heavy atom. The second-order valence-electron chi connectivity index (χ2n) is 3.55. The van der Waals surface area contributed by atoms with E-state index in [9.17, 15) is 0 Å². The van der Waals surface area contributed by atoms with Crippen molar-refractivity contribution < 1.29 is 4.74 Å². The SMILES string of the molecule is CCc1ccc(NNC2COC2)cc1. The van der Waals surface area contributed by atoms with Gasteiger partial charge in [0, 0.05) is 5.69 Å². The first kappa shape index (κ1) is 9.49. The van der Waals surface area contributed by atoms with Crippen LogP contribution in [-0.2, 0) is 11.2 Å². The van der Waals surface area contributed by atoms with Gasteiger partial charge in [-0.3, -0.25) is 0 Å². The Balaban J connectivity index is 1.83. The minimum atomic E-state index is 0.459. The zero-order valence-electron chi connectivity index (χ0n) is 8.42. The molecule has 2 rings (SSSR count). The number of anilines is 1. The Morgan fingerprint density at radius 1 is 1.29 bits per heavy atom. The largest absolute Gasteiger partial charge is 0.378 e. The third-order valence-corrected chi connectivity index (χ3v) is 2.42. The number of benzene rings is 1. The number of hydrazine groups is 1. The molecule has 0 bridgehead atoms. The highest BCUT2D eigenvalue weighted by molar-refractivity contribution is 5.43. The number of ether oxygens (including phenoxy) is 1. The number of hydrogen-bond donors (Lipinski definition) is 2. The van der Waals surface area contributed by atoms with Crippen LogP contribution in [0.2, 0.25) is 0 Å². The fraction of sp³-hybridized carbons (Fsp3) is 0.455. The van der Waals surface area contributed by atoms with Crippen molar-refractivity contribution in [2.24, 2.45) is 0 Å². The van der Waals surface area contributed by atoms with E-state index in [4.69, 9.17) is 4.74 Å². The maximum Gasteiger partial charge on any atom is 0.0728 e. The Kier molecular flexibility index (Phi) is 3.01. The smallest absolute Gasteiger partial charge is 0.0728 e. The van der Waals surface area contributed by atoms with Gasteiger partial charge in [0.2, 0.25) is 0 Å². The molecule has 1 saturated heterocycles. The number of nitrogens with one attached hydrogen (secondary N) is 2. The highest BCUT2D eigenvalue weighted by Crippen LogP contribution is 2.09. The minimum Gasteiger partial charge on any atom is -0.378 e. The van der Waals surface area contributed by atoms with E-state index >= 15 is 0 Å². The lowest BCUT2D eigenvalue weighted by atomic mass is 10.1. The van der Waals surface area contributed by atoms with Gasteiger partial charge in [0.1, 0.15) is 0 Å². The molecule has 1 aromatic rings. The summed E-state index contributed by atoms with van der Waals surface area (Å²) in [5, 5.41) is 0. The molecule has 0 atom stereocenters. The van der Waals surface area contributed by atoms with Crippen molar-refractivity contribution >= 4 is 5.69 Å². The fourth-order valence-corrected chi connectivity index (χ4v) is 1.33. The Bertz CT molecular complexity index is 280. The molecule has 1 fully saturated rings. The molecular formula is C11H16N2O. The van der Waals surface area contributed by atoms with Crippen molar-refractivity contribution in [3.05, 3.63) is 29.8 Å². The minimum absolute atomic E-state index is 0.459. The summed E-state index contributed by atoms with van der Waals surface area (Å²) in [6.45, 7) is 3.77. The van der Waals surface area contributed by atoms with Gasteiger partial charge in [-0.1, -0.05) is 19.1 Å². The van der Waals surface area contributed by atoms with Crippen molar-refractivity contribution in [1.82, 2.24) is 5.43 Å². The monoisotopic (exact) mass is 192 g/mol. The first-order valence-corrected chi connectivity index (χ1v) is 5.06. The maximum atomic E-state index is 5.06. The second kappa shape index (κ2) is 4.44. The third kappa shape index (κ3) is 2.25. The van der Waals surface area contributed by atoms with Crippen LogP contribution in [0.4, 0.5) is 5.69 Å². The summed E-state index contributed by atoms with van der Waals surface area (Å²) in [4.78, 5) is 0. The molecule has 14 heavy (non-hydrogen) atoms. The lowest BCUT2D eigenvalue weighted by molar-refractivity contribution is -0.00183. The van der Waals surface area contributed by atoms with Gasteiger partial charge in [0.05, 0.1) is 19.3 Å². The average Bonchev–Trinajstić information content (AvgIpc) is 2.16. The van der Waals surface area contributed by atoms with Crippen LogP contribution in [0, 0.1) is 0 Å². The summed E-state index contributed by atoms with van der Waals surface area (Å²) in [5.74, 6) is 0. The van der Waals surface area contributed by atoms with E-state index < -0.39 is 0 Å². The van der Waals surface area contributed by atoms with Gasteiger partial charge in [-0.2, -0.15) is 0 Å². The van der Waals surface area contributed by atoms with Crippen molar-refractivity contribution in [2.75, 3.05) is 18.6 Å². The van der Waals surface area contributed by atoms with Crippen molar-refractivity contribution in [1.29, 1.82) is 0 Å². The molecular weight excluding hydrogens is 176 g/mol. The quantitative estimate of drug-likeness (QED) is 0.710. The van der Waals surface area contributed by atoms with Crippen LogP contribution in [0.15, 0.2) is 24.3 Å². The van der Waals surface area contributed by atoms with E-state index in [-0.39, 0.29) is 0 Å². The number of rotatable bonds is 4. The molecule has 2 N–H and O–H groups in total. The van der Waals surface area contributed by atoms with Crippen molar-refractivity contribution in [2.45, 2.75) is 19.4 Å². The number of hydrogen-bond acceptors (Lipinski definition) is 3. The molecule has 3 heteroatoms. The second-order valence-corrected chi connectivity index (χ2v) is 3.55. The molecule has 0 aromatic heterocycles. The average molecular weight is 192 g/mol. The van der Waals surface area contributed by atoms with E-state index in [2.05, 4.69) is 42.0 Å². The van der Waals surface area contributed by atoms with Crippen LogP contribution in [-0.4, -0.2) is 19.3 Å². The molecule has 1 aliphatic rings. The lowest BCUT2D eigenvalue weighted by Gasteiger charge is -2.27. The number of aryl methyl sites for hydroxylation is 1. The molecule has 0 unspecified atom stereocenters. The maximum absolute atomic E-state index is 5.06. The summed E-state index contributed by atoms with van der Waals surface area (Å²) in [5.41, 5.74) is 8.83. The van der Waals surface area contributed by atoms with E-state index in [0.29, 0.717) is 6.04 Å². The van der Waals surface area contributed by atoms with E-state index in [1.165, 1.54) is 5.56 Å². The molecule has 1 aliphatic heterocycles. The molecule has 0 aliphatic carbocycles. The summed E-state index contributed by atoms with van der Waals surface area (Å²) in [7, 11) is 0. The standard InChI is InChI=1S/C11H16N2O/c1-2-9-3-5-10(6-4-9)12-13-11-7-14-8-11/h3-6,11-13H,2,7-8H2,1H3. The first-order chi connectivity index (χ1) is 6.88. The molecule has 0 amide bonds. The van der Waals surface area contributed by atoms with Crippen LogP contribution in [0.1, 0.15) is 12.5 Å². The predicted molar refractivity (Wildman–Crippen MR) is 57.2 cm³/mol. The van der Waals surface area contributed by atoms with Gasteiger partial charge in [-0.25, -0.2) is 5.43 Å². The lowest BCUT2D eigenvalue weighted by Crippen LogP contribution is -2.48. The van der Waals surface area contributed by atoms with Gasteiger partial charge in [-0.15, -0.1) is 0 Å². The fourth-order valence-electron chi connectivity index (χ4n) is 1.33. The normalized spacial score (nSPS) is 16.4. The molecule has 3 nitrogen and oxygen atoms in total. The highest BCUT2D eigenvalue weighted by atomic mass is 16.5. The Labute approximate surface area is 84.4 Å². The van der Waals surface area contributed by atoms with Crippen LogP contribution in [0.25, 0.3) is 0 Å². The summed E-state index contributed by atoms with van der Waals surface area (Å²) < 4.78 is 5.06. The Hall–Kier alpha value is -1.06. The Morgan fingerprint density at radius 3 is 2.50 bits per heavy atom. The summed E-state index contributed by atoms with van der Waals surface area (Å²) >= 11 is 0. The molecule has 1 heterocycles. The van der Waals surface area contributed by atoms with Crippen LogP contribution in [0.5, 0.6) is 0 Å². The van der Waals surface area contributed by atoms with Gasteiger partial charge in [0.15, 0.2) is 0 Å². The van der Waals surface area contributed by atoms with E-state index in [1.807, 2.05) is 0 Å². The first-order valence-electron chi connectivity index (χ1n) is 5.06. The predicted octanol–water partition coefficient (Wildman–Crippen LogP) is 1.56. The van der Waals surface area contributed by atoms with Gasteiger partial charge in [-0.05, 0) is 24.1 Å². The highest BCUT2D eigenvalue weighted by Gasteiger charge is 2.16. The van der Waals surface area contributed by atoms with Gasteiger partial charge < -0.3 is 10.2 Å². The molecule has 76 valence electrons. The van der Waals surface area contributed by atoms with Crippen LogP contribution in [0.3, 0.4) is 0 Å². The molecule has 0 radical (unpaired) electrons. The topological polar surface area (TPSA) is 33.3 Å². The van der Waals surface area contributed by atoms with Gasteiger partial charge >= 0.3 is 0 Å². The van der Waals surface area contributed by atoms with Crippen LogP contribution < -0.4 is 10.9 Å². The summed E-state index contributed by atoms with van der Waals surface area (Å²) in [6, 6.07) is 8.92. The molecule has 0 spiro atoms. The summed E-state index contributed by atoms with van der Waals surface area (Å²) in [6.07, 6.45) is 1.09. The van der Waals surface area contributed by atoms with Crippen molar-refractivity contribution in [3.8, 4) is 0 Å². The molecule has 0 saturated carbocycles. The zero-order valence-corrected chi connectivity index (χ0v) is 8.42. The van der Waals surface area contributed by atoms with E-state index in [1.54, 1.807) is 0 Å². The third-order valence-electron chi connectivity index (χ3n) is 2.42. The van der Waals surface area contributed by atoms with E-state index in [0.717, 1.165) is 25.3 Å². The van der Waals surface area contributed by atoms with Crippen molar-refractivity contribution in [3.63, 3.8) is 0 Å². The molecule has 1 aromatic carbocycles. The van der Waals surface area contributed by atoms with Gasteiger partial charge in [0.25, 0.3) is 0 Å². The zero-order chi connectivity index (χ0) is 9.80.